The third kappa shape index (κ3) is 2.91. The van der Waals surface area contributed by atoms with E-state index >= 15 is 0 Å². The number of carbonyl (C=O) groups is 1. The number of benzene rings is 1. The van der Waals surface area contributed by atoms with Crippen molar-refractivity contribution in [3.63, 3.8) is 0 Å². The lowest BCUT2D eigenvalue weighted by Gasteiger charge is -2.06. The molecule has 0 bridgehead atoms. The van der Waals surface area contributed by atoms with Gasteiger partial charge in [-0.15, -0.1) is 0 Å². The van der Waals surface area contributed by atoms with Crippen LogP contribution in [-0.4, -0.2) is 20.7 Å². The Morgan fingerprint density at radius 1 is 1.33 bits per heavy atom. The number of nitrogens with zero attached hydrogens (tertiary/aromatic N) is 3. The van der Waals surface area contributed by atoms with Crippen molar-refractivity contribution in [3.05, 3.63) is 46.6 Å². The number of hydrogen-bond donors (Lipinski definition) is 1. The maximum Gasteiger partial charge on any atom is 0.251 e. The third-order valence-electron chi connectivity index (χ3n) is 4.25. The second kappa shape index (κ2) is 6.11. The molecule has 0 saturated carbocycles. The average molecular weight is 326 g/mol. The molecule has 0 aliphatic heterocycles. The monoisotopic (exact) mass is 326 g/mol. The molecule has 24 heavy (non-hydrogen) atoms. The topological polar surface area (TPSA) is 73.0 Å². The molecular weight excluding hydrogens is 304 g/mol. The molecule has 1 aromatic carbocycles. The van der Waals surface area contributed by atoms with Crippen LogP contribution in [0.5, 0.6) is 0 Å². The lowest BCUT2D eigenvalue weighted by molar-refractivity contribution is 0.0951. The highest BCUT2D eigenvalue weighted by Crippen LogP contribution is 2.22. The Morgan fingerprint density at radius 2 is 2.08 bits per heavy atom. The number of carbonyl (C=O) groups excluding carboxylic acids is 1. The van der Waals surface area contributed by atoms with Crippen LogP contribution in [0.1, 0.15) is 53.0 Å². The Labute approximate surface area is 140 Å². The normalized spacial score (nSPS) is 11.4. The van der Waals surface area contributed by atoms with Gasteiger partial charge in [0.2, 0.25) is 0 Å². The van der Waals surface area contributed by atoms with Crippen molar-refractivity contribution in [2.45, 2.75) is 40.2 Å². The van der Waals surface area contributed by atoms with Crippen molar-refractivity contribution >= 4 is 17.0 Å². The second-order valence-corrected chi connectivity index (χ2v) is 6.34. The van der Waals surface area contributed by atoms with E-state index in [0.29, 0.717) is 23.6 Å². The number of nitrogens with one attached hydrogen (secondary N) is 1. The highest BCUT2D eigenvalue weighted by atomic mass is 16.3. The number of aryl methyl sites for hydroxylation is 2. The van der Waals surface area contributed by atoms with E-state index in [1.165, 1.54) is 0 Å². The lowest BCUT2D eigenvalue weighted by Crippen LogP contribution is -2.23. The summed E-state index contributed by atoms with van der Waals surface area (Å²) in [4.78, 5) is 16.9. The van der Waals surface area contributed by atoms with E-state index in [1.807, 2.05) is 45.5 Å². The first-order valence-corrected chi connectivity index (χ1v) is 8.04. The molecule has 0 spiro atoms. The van der Waals surface area contributed by atoms with Gasteiger partial charge in [-0.3, -0.25) is 9.48 Å². The van der Waals surface area contributed by atoms with Gasteiger partial charge in [0.1, 0.15) is 5.52 Å². The number of rotatable bonds is 4. The fraction of sp³-hybridized carbons (Fsp3) is 0.389. The van der Waals surface area contributed by atoms with Crippen LogP contribution in [0.15, 0.2) is 22.6 Å². The summed E-state index contributed by atoms with van der Waals surface area (Å²) in [6.07, 6.45) is 0. The molecule has 3 aromatic rings. The van der Waals surface area contributed by atoms with Crippen LogP contribution < -0.4 is 5.32 Å². The lowest BCUT2D eigenvalue weighted by atomic mass is 10.1. The first-order chi connectivity index (χ1) is 11.4. The molecule has 2 heterocycles. The summed E-state index contributed by atoms with van der Waals surface area (Å²) in [6.45, 7) is 8.45. The van der Waals surface area contributed by atoms with Crippen molar-refractivity contribution in [1.82, 2.24) is 20.1 Å². The van der Waals surface area contributed by atoms with Gasteiger partial charge in [-0.05, 0) is 32.0 Å². The van der Waals surface area contributed by atoms with E-state index in [-0.39, 0.29) is 11.8 Å². The Bertz CT molecular complexity index is 905. The molecule has 0 saturated heterocycles. The van der Waals surface area contributed by atoms with E-state index in [4.69, 9.17) is 4.42 Å². The van der Waals surface area contributed by atoms with Gasteiger partial charge in [0.25, 0.3) is 5.91 Å². The Kier molecular flexibility index (Phi) is 4.13. The number of aromatic nitrogens is 3. The third-order valence-corrected chi connectivity index (χ3v) is 4.25. The van der Waals surface area contributed by atoms with Crippen LogP contribution in [0.4, 0.5) is 0 Å². The minimum Gasteiger partial charge on any atom is -0.440 e. The van der Waals surface area contributed by atoms with Gasteiger partial charge in [0, 0.05) is 36.3 Å². The fourth-order valence-corrected chi connectivity index (χ4v) is 2.67. The molecule has 1 amide bonds. The Balaban J connectivity index is 1.78. The van der Waals surface area contributed by atoms with Gasteiger partial charge in [0.15, 0.2) is 11.5 Å². The van der Waals surface area contributed by atoms with Crippen molar-refractivity contribution in [2.75, 3.05) is 0 Å². The van der Waals surface area contributed by atoms with E-state index in [9.17, 15) is 4.79 Å². The fourth-order valence-electron chi connectivity index (χ4n) is 2.67. The zero-order valence-electron chi connectivity index (χ0n) is 14.7. The van der Waals surface area contributed by atoms with Gasteiger partial charge in [-0.1, -0.05) is 13.8 Å². The predicted octanol–water partition coefficient (Wildman–Crippen LogP) is 3.23. The van der Waals surface area contributed by atoms with Gasteiger partial charge in [-0.2, -0.15) is 5.10 Å². The maximum absolute atomic E-state index is 12.4. The quantitative estimate of drug-likeness (QED) is 0.799. The molecule has 0 aliphatic rings. The largest absolute Gasteiger partial charge is 0.440 e. The molecule has 1 N–H and O–H groups in total. The van der Waals surface area contributed by atoms with Crippen LogP contribution in [0.2, 0.25) is 0 Å². The van der Waals surface area contributed by atoms with Crippen molar-refractivity contribution in [3.8, 4) is 0 Å². The summed E-state index contributed by atoms with van der Waals surface area (Å²) >= 11 is 0. The molecule has 126 valence electrons. The highest BCUT2D eigenvalue weighted by molar-refractivity contribution is 5.97. The summed E-state index contributed by atoms with van der Waals surface area (Å²) in [5.41, 5.74) is 5.01. The SMILES string of the molecule is Cc1nn(C)c(C)c1CNC(=O)c1ccc2nc(C(C)C)oc2c1. The van der Waals surface area contributed by atoms with Gasteiger partial charge in [-0.25, -0.2) is 4.98 Å². The van der Waals surface area contributed by atoms with Crippen molar-refractivity contribution in [1.29, 1.82) is 0 Å². The molecule has 2 aromatic heterocycles. The molecule has 0 atom stereocenters. The minimum atomic E-state index is -0.137. The molecule has 3 rings (SSSR count). The first-order valence-electron chi connectivity index (χ1n) is 8.04. The number of hydrogen-bond acceptors (Lipinski definition) is 4. The number of oxazole rings is 1. The zero-order valence-corrected chi connectivity index (χ0v) is 14.7. The Morgan fingerprint density at radius 3 is 2.71 bits per heavy atom. The first kappa shape index (κ1) is 16.2. The van der Waals surface area contributed by atoms with E-state index in [2.05, 4.69) is 15.4 Å². The van der Waals surface area contributed by atoms with Crippen LogP contribution >= 0.6 is 0 Å². The average Bonchev–Trinajstić information content (AvgIpc) is 3.07. The second-order valence-electron chi connectivity index (χ2n) is 6.34. The van der Waals surface area contributed by atoms with Gasteiger partial charge < -0.3 is 9.73 Å². The van der Waals surface area contributed by atoms with Crippen molar-refractivity contribution < 1.29 is 9.21 Å². The summed E-state index contributed by atoms with van der Waals surface area (Å²) in [5.74, 6) is 0.762. The van der Waals surface area contributed by atoms with E-state index in [1.54, 1.807) is 12.1 Å². The standard InChI is InChI=1S/C18H22N4O2/c1-10(2)18-20-15-7-6-13(8-16(15)24-18)17(23)19-9-14-11(3)21-22(5)12(14)4/h6-8,10H,9H2,1-5H3,(H,19,23). The summed E-state index contributed by atoms with van der Waals surface area (Å²) in [6, 6.07) is 5.33. The molecule has 6 heteroatoms. The number of fused-ring (bicyclic) bond motifs is 1. The summed E-state index contributed by atoms with van der Waals surface area (Å²) in [5, 5.41) is 7.31. The highest BCUT2D eigenvalue weighted by Gasteiger charge is 2.14. The smallest absolute Gasteiger partial charge is 0.251 e. The van der Waals surface area contributed by atoms with E-state index in [0.717, 1.165) is 22.5 Å². The molecule has 0 fully saturated rings. The maximum atomic E-state index is 12.4. The van der Waals surface area contributed by atoms with Crippen molar-refractivity contribution in [2.24, 2.45) is 7.05 Å². The van der Waals surface area contributed by atoms with Gasteiger partial charge in [0.05, 0.1) is 5.69 Å². The Hall–Kier alpha value is -2.63. The van der Waals surface area contributed by atoms with Crippen LogP contribution in [0, 0.1) is 13.8 Å². The molecule has 0 aliphatic carbocycles. The summed E-state index contributed by atoms with van der Waals surface area (Å²) in [7, 11) is 1.90. The minimum absolute atomic E-state index is 0.137. The molecule has 0 unspecified atom stereocenters. The van der Waals surface area contributed by atoms with Crippen LogP contribution in [0.3, 0.4) is 0 Å². The van der Waals surface area contributed by atoms with Crippen LogP contribution in [-0.2, 0) is 13.6 Å². The van der Waals surface area contributed by atoms with E-state index < -0.39 is 0 Å². The molecule has 0 radical (unpaired) electrons. The predicted molar refractivity (Wildman–Crippen MR) is 92.0 cm³/mol. The van der Waals surface area contributed by atoms with Crippen LogP contribution in [0.25, 0.3) is 11.1 Å². The molecule has 6 nitrogen and oxygen atoms in total. The zero-order chi connectivity index (χ0) is 17.4. The number of amides is 1. The molecular formula is C18H22N4O2. The van der Waals surface area contributed by atoms with Gasteiger partial charge >= 0.3 is 0 Å². The summed E-state index contributed by atoms with van der Waals surface area (Å²) < 4.78 is 7.54.